The van der Waals surface area contributed by atoms with Gasteiger partial charge in [0.25, 0.3) is 0 Å². The average molecular weight is 411 g/mol. The second-order valence-electron chi connectivity index (χ2n) is 5.81. The van der Waals surface area contributed by atoms with Crippen LogP contribution in [-0.2, 0) is 14.8 Å². The number of phenols is 1. The molecule has 1 aliphatic rings. The van der Waals surface area contributed by atoms with E-state index in [4.69, 9.17) is 21.1 Å². The van der Waals surface area contributed by atoms with Gasteiger partial charge in [0.1, 0.15) is 16.4 Å². The fourth-order valence-corrected chi connectivity index (χ4v) is 4.41. The van der Waals surface area contributed by atoms with Crippen LogP contribution >= 0.6 is 11.6 Å². The average Bonchev–Trinajstić information content (AvgIpc) is 2.69. The van der Waals surface area contributed by atoms with Crippen molar-refractivity contribution in [2.45, 2.75) is 4.90 Å². The Balaban J connectivity index is 1.96. The van der Waals surface area contributed by atoms with Crippen LogP contribution in [-0.4, -0.2) is 57.5 Å². The fraction of sp³-hybridized carbons (Fsp3) is 0.278. The number of methoxy groups -OCH3 is 1. The van der Waals surface area contributed by atoms with Crippen molar-refractivity contribution < 1.29 is 23.0 Å². The van der Waals surface area contributed by atoms with E-state index in [1.165, 1.54) is 29.8 Å². The van der Waals surface area contributed by atoms with E-state index in [9.17, 15) is 13.5 Å². The summed E-state index contributed by atoms with van der Waals surface area (Å²) in [7, 11) is -2.32. The largest absolute Gasteiger partial charge is 0.507 e. The predicted octanol–water partition coefficient (Wildman–Crippen LogP) is 2.83. The number of ether oxygens (including phenoxy) is 2. The highest BCUT2D eigenvalue weighted by Gasteiger charge is 2.29. The normalized spacial score (nSPS) is 15.9. The first kappa shape index (κ1) is 19.6. The topological polar surface area (TPSA) is 88.4 Å². The molecule has 2 aromatic carbocycles. The molecule has 0 spiro atoms. The maximum atomic E-state index is 13.0. The van der Waals surface area contributed by atoms with Crippen molar-refractivity contribution in [1.82, 2.24) is 4.31 Å². The highest BCUT2D eigenvalue weighted by Crippen LogP contribution is 2.31. The molecular formula is C18H19ClN2O5S. The number of aromatic hydroxyl groups is 1. The van der Waals surface area contributed by atoms with Crippen molar-refractivity contribution in [3.8, 4) is 11.5 Å². The molecule has 0 bridgehead atoms. The molecule has 9 heteroatoms. The molecule has 0 amide bonds. The minimum Gasteiger partial charge on any atom is -0.507 e. The lowest BCUT2D eigenvalue weighted by Crippen LogP contribution is -2.40. The highest BCUT2D eigenvalue weighted by molar-refractivity contribution is 7.89. The first-order valence-electron chi connectivity index (χ1n) is 8.20. The van der Waals surface area contributed by atoms with Gasteiger partial charge >= 0.3 is 0 Å². The van der Waals surface area contributed by atoms with Gasteiger partial charge in [0.15, 0.2) is 0 Å². The molecule has 0 aliphatic carbocycles. The van der Waals surface area contributed by atoms with E-state index in [1.807, 2.05) is 0 Å². The van der Waals surface area contributed by atoms with Crippen LogP contribution in [0.15, 0.2) is 46.3 Å². The summed E-state index contributed by atoms with van der Waals surface area (Å²) in [6.45, 7) is 1.28. The second-order valence-corrected chi connectivity index (χ2v) is 8.16. The fourth-order valence-electron chi connectivity index (χ4n) is 2.65. The van der Waals surface area contributed by atoms with Gasteiger partial charge in [-0.15, -0.1) is 0 Å². The van der Waals surface area contributed by atoms with Crippen LogP contribution in [0.1, 0.15) is 5.56 Å². The molecule has 0 unspecified atom stereocenters. The van der Waals surface area contributed by atoms with Crippen LogP contribution in [0.2, 0.25) is 5.02 Å². The second kappa shape index (κ2) is 8.26. The number of halogens is 1. The standard InChI is InChI=1S/C18H19ClN2O5S/c1-25-17-5-3-15(20-12-13-10-14(19)2-4-16(13)22)11-18(17)27(23,24)21-6-8-26-9-7-21/h2-5,10-12,22H,6-9H2,1H3. The monoisotopic (exact) mass is 410 g/mol. The van der Waals surface area contributed by atoms with E-state index in [2.05, 4.69) is 4.99 Å². The van der Waals surface area contributed by atoms with Crippen LogP contribution in [0.4, 0.5) is 5.69 Å². The quantitative estimate of drug-likeness (QED) is 0.765. The molecule has 1 saturated heterocycles. The Bertz CT molecular complexity index is 956. The zero-order valence-corrected chi connectivity index (χ0v) is 16.2. The van der Waals surface area contributed by atoms with Crippen LogP contribution < -0.4 is 4.74 Å². The molecule has 1 aliphatic heterocycles. The van der Waals surface area contributed by atoms with Gasteiger partial charge in [0.05, 0.1) is 26.0 Å². The van der Waals surface area contributed by atoms with Gasteiger partial charge in [-0.25, -0.2) is 8.42 Å². The van der Waals surface area contributed by atoms with E-state index in [0.29, 0.717) is 29.5 Å². The summed E-state index contributed by atoms with van der Waals surface area (Å²) in [5.41, 5.74) is 0.831. The van der Waals surface area contributed by atoms with E-state index < -0.39 is 10.0 Å². The maximum absolute atomic E-state index is 13.0. The highest BCUT2D eigenvalue weighted by atomic mass is 35.5. The molecule has 3 rings (SSSR count). The molecule has 2 aromatic rings. The molecule has 1 N–H and O–H groups in total. The van der Waals surface area contributed by atoms with Gasteiger partial charge in [-0.1, -0.05) is 11.6 Å². The zero-order chi connectivity index (χ0) is 19.4. The summed E-state index contributed by atoms with van der Waals surface area (Å²) in [5, 5.41) is 10.3. The van der Waals surface area contributed by atoms with Gasteiger partial charge in [0, 0.05) is 29.9 Å². The number of hydrogen-bond donors (Lipinski definition) is 1. The van der Waals surface area contributed by atoms with Crippen molar-refractivity contribution in [2.24, 2.45) is 4.99 Å². The molecule has 0 radical (unpaired) electrons. The van der Waals surface area contributed by atoms with E-state index in [1.54, 1.807) is 24.3 Å². The Morgan fingerprint density at radius 3 is 2.67 bits per heavy atom. The van der Waals surface area contributed by atoms with Crippen LogP contribution in [0.25, 0.3) is 0 Å². The van der Waals surface area contributed by atoms with Crippen molar-refractivity contribution >= 4 is 33.5 Å². The third-order valence-corrected chi connectivity index (χ3v) is 6.23. The number of phenolic OH excluding ortho intramolecular Hbond substituents is 1. The third kappa shape index (κ3) is 4.41. The molecule has 0 atom stereocenters. The number of rotatable bonds is 5. The molecule has 144 valence electrons. The summed E-state index contributed by atoms with van der Waals surface area (Å²) < 4.78 is 37.8. The Labute approximate surface area is 162 Å². The van der Waals surface area contributed by atoms with Crippen molar-refractivity contribution in [3.63, 3.8) is 0 Å². The van der Waals surface area contributed by atoms with Crippen LogP contribution in [0.5, 0.6) is 11.5 Å². The van der Waals surface area contributed by atoms with Crippen molar-refractivity contribution in [3.05, 3.63) is 47.0 Å². The number of morpholine rings is 1. The van der Waals surface area contributed by atoms with Crippen molar-refractivity contribution in [1.29, 1.82) is 0 Å². The van der Waals surface area contributed by atoms with E-state index >= 15 is 0 Å². The molecule has 27 heavy (non-hydrogen) atoms. The van der Waals surface area contributed by atoms with E-state index in [-0.39, 0.29) is 29.5 Å². The number of aliphatic imine (C=N–C) groups is 1. The van der Waals surface area contributed by atoms with Gasteiger partial charge in [0.2, 0.25) is 10.0 Å². The number of benzene rings is 2. The summed E-state index contributed by atoms with van der Waals surface area (Å²) >= 11 is 5.92. The Morgan fingerprint density at radius 1 is 1.22 bits per heavy atom. The van der Waals surface area contributed by atoms with E-state index in [0.717, 1.165) is 0 Å². The number of hydrogen-bond acceptors (Lipinski definition) is 6. The maximum Gasteiger partial charge on any atom is 0.246 e. The number of sulfonamides is 1. The summed E-state index contributed by atoms with van der Waals surface area (Å²) in [4.78, 5) is 4.31. The van der Waals surface area contributed by atoms with Crippen molar-refractivity contribution in [2.75, 3.05) is 33.4 Å². The van der Waals surface area contributed by atoms with Crippen LogP contribution in [0, 0.1) is 0 Å². The minimum absolute atomic E-state index is 0.0258. The third-order valence-electron chi connectivity index (χ3n) is 4.08. The zero-order valence-electron chi connectivity index (χ0n) is 14.6. The minimum atomic E-state index is -3.74. The first-order chi connectivity index (χ1) is 12.9. The Morgan fingerprint density at radius 2 is 1.96 bits per heavy atom. The molecular weight excluding hydrogens is 392 g/mol. The van der Waals surface area contributed by atoms with Gasteiger partial charge in [-0.2, -0.15) is 4.31 Å². The summed E-state index contributed by atoms with van der Waals surface area (Å²) in [5.74, 6) is 0.267. The van der Waals surface area contributed by atoms with Gasteiger partial charge in [-0.3, -0.25) is 4.99 Å². The lowest BCUT2D eigenvalue weighted by Gasteiger charge is -2.26. The van der Waals surface area contributed by atoms with Crippen LogP contribution in [0.3, 0.4) is 0 Å². The summed E-state index contributed by atoms with van der Waals surface area (Å²) in [6, 6.07) is 9.23. The Kier molecular flexibility index (Phi) is 6.01. The molecule has 1 fully saturated rings. The van der Waals surface area contributed by atoms with Gasteiger partial charge in [-0.05, 0) is 36.4 Å². The molecule has 1 heterocycles. The summed E-state index contributed by atoms with van der Waals surface area (Å²) in [6.07, 6.45) is 1.42. The van der Waals surface area contributed by atoms with Gasteiger partial charge < -0.3 is 14.6 Å². The SMILES string of the molecule is COc1ccc(N=Cc2cc(Cl)ccc2O)cc1S(=O)(=O)N1CCOCC1. The Hall–Kier alpha value is -2.13. The smallest absolute Gasteiger partial charge is 0.246 e. The lowest BCUT2D eigenvalue weighted by molar-refractivity contribution is 0.0729. The molecule has 0 saturated carbocycles. The molecule has 0 aromatic heterocycles. The lowest BCUT2D eigenvalue weighted by atomic mass is 10.2. The first-order valence-corrected chi connectivity index (χ1v) is 10.0. The predicted molar refractivity (Wildman–Crippen MR) is 103 cm³/mol. The molecule has 7 nitrogen and oxygen atoms in total. The number of nitrogens with zero attached hydrogens (tertiary/aromatic N) is 2.